The fraction of sp³-hybridized carbons (Fsp3) is 0.217. The van der Waals surface area contributed by atoms with Crippen molar-refractivity contribution in [3.05, 3.63) is 108 Å². The molecule has 0 saturated carbocycles. The van der Waals surface area contributed by atoms with Gasteiger partial charge in [0, 0.05) is 18.9 Å². The van der Waals surface area contributed by atoms with Gasteiger partial charge in [0.1, 0.15) is 0 Å². The largest absolute Gasteiger partial charge is 0.388 e. The molecule has 0 aliphatic heterocycles. The van der Waals surface area contributed by atoms with Gasteiger partial charge in [0.25, 0.3) is 0 Å². The molecule has 2 heteroatoms. The van der Waals surface area contributed by atoms with Crippen molar-refractivity contribution in [3.63, 3.8) is 0 Å². The SMILES string of the molecule is N[C@@H](Cc1ccccc1)C(O)(Cc1ccccc1)Cc1ccccc1. The molecule has 128 valence electrons. The van der Waals surface area contributed by atoms with E-state index >= 15 is 0 Å². The summed E-state index contributed by atoms with van der Waals surface area (Å²) in [5.41, 5.74) is 8.88. The van der Waals surface area contributed by atoms with Crippen LogP contribution < -0.4 is 5.73 Å². The van der Waals surface area contributed by atoms with Gasteiger partial charge in [0.2, 0.25) is 0 Å². The van der Waals surface area contributed by atoms with Crippen LogP contribution in [0.4, 0.5) is 0 Å². The zero-order chi connectivity index (χ0) is 17.5. The van der Waals surface area contributed by atoms with E-state index in [-0.39, 0.29) is 6.04 Å². The predicted octanol–water partition coefficient (Wildman–Crippen LogP) is 3.77. The number of rotatable bonds is 7. The highest BCUT2D eigenvalue weighted by Crippen LogP contribution is 2.24. The van der Waals surface area contributed by atoms with E-state index in [0.29, 0.717) is 19.3 Å². The highest BCUT2D eigenvalue weighted by molar-refractivity contribution is 5.24. The smallest absolute Gasteiger partial charge is 0.0881 e. The summed E-state index contributed by atoms with van der Waals surface area (Å²) in [6, 6.07) is 30.0. The van der Waals surface area contributed by atoms with Crippen LogP contribution in [0.3, 0.4) is 0 Å². The Morgan fingerprint density at radius 2 is 1.00 bits per heavy atom. The molecule has 3 N–H and O–H groups in total. The molecule has 3 rings (SSSR count). The second-order valence-corrected chi connectivity index (χ2v) is 6.72. The van der Waals surface area contributed by atoms with E-state index in [9.17, 15) is 5.11 Å². The van der Waals surface area contributed by atoms with E-state index in [1.807, 2.05) is 78.9 Å². The van der Waals surface area contributed by atoms with Gasteiger partial charge in [-0.15, -0.1) is 0 Å². The summed E-state index contributed by atoms with van der Waals surface area (Å²) < 4.78 is 0. The van der Waals surface area contributed by atoms with E-state index in [2.05, 4.69) is 12.1 Å². The molecule has 0 fully saturated rings. The molecule has 1 atom stereocenters. The standard InChI is InChI=1S/C23H25NO/c24-22(16-19-10-4-1-5-11-19)23(25,17-20-12-6-2-7-13-20)18-21-14-8-3-9-15-21/h1-15,22,25H,16-18,24H2/t22-/m0/s1. The van der Waals surface area contributed by atoms with Crippen LogP contribution in [-0.2, 0) is 19.3 Å². The molecular formula is C23H25NO. The summed E-state index contributed by atoms with van der Waals surface area (Å²) in [7, 11) is 0. The molecule has 0 bridgehead atoms. The maximum Gasteiger partial charge on any atom is 0.0881 e. The van der Waals surface area contributed by atoms with Gasteiger partial charge in [-0.3, -0.25) is 0 Å². The molecule has 3 aromatic carbocycles. The van der Waals surface area contributed by atoms with Gasteiger partial charge in [0.05, 0.1) is 5.60 Å². The number of hydrogen-bond donors (Lipinski definition) is 2. The van der Waals surface area contributed by atoms with E-state index < -0.39 is 5.60 Å². The van der Waals surface area contributed by atoms with Crippen molar-refractivity contribution < 1.29 is 5.11 Å². The third-order valence-electron chi connectivity index (χ3n) is 4.69. The van der Waals surface area contributed by atoms with Crippen LogP contribution in [0.25, 0.3) is 0 Å². The zero-order valence-corrected chi connectivity index (χ0v) is 14.4. The molecule has 0 saturated heterocycles. The Labute approximate surface area is 150 Å². The Morgan fingerprint density at radius 1 is 0.640 bits per heavy atom. The van der Waals surface area contributed by atoms with E-state index in [0.717, 1.165) is 16.7 Å². The van der Waals surface area contributed by atoms with Crippen LogP contribution in [0.5, 0.6) is 0 Å². The van der Waals surface area contributed by atoms with Crippen molar-refractivity contribution in [2.24, 2.45) is 5.73 Å². The topological polar surface area (TPSA) is 46.2 Å². The van der Waals surface area contributed by atoms with Gasteiger partial charge in [0.15, 0.2) is 0 Å². The summed E-state index contributed by atoms with van der Waals surface area (Å²) in [6.07, 6.45) is 1.73. The first-order valence-corrected chi connectivity index (χ1v) is 8.75. The Bertz CT molecular complexity index is 714. The van der Waals surface area contributed by atoms with Gasteiger partial charge >= 0.3 is 0 Å². The highest BCUT2D eigenvalue weighted by atomic mass is 16.3. The molecule has 3 aromatic rings. The first kappa shape index (κ1) is 17.4. The Kier molecular flexibility index (Phi) is 5.64. The van der Waals surface area contributed by atoms with Gasteiger partial charge in [-0.1, -0.05) is 91.0 Å². The van der Waals surface area contributed by atoms with Gasteiger partial charge in [-0.25, -0.2) is 0 Å². The molecular weight excluding hydrogens is 306 g/mol. The number of benzene rings is 3. The lowest BCUT2D eigenvalue weighted by molar-refractivity contribution is 0.0144. The summed E-state index contributed by atoms with van der Waals surface area (Å²) in [6.45, 7) is 0. The number of hydrogen-bond acceptors (Lipinski definition) is 2. The fourth-order valence-electron chi connectivity index (χ4n) is 3.28. The molecule has 0 aliphatic rings. The van der Waals surface area contributed by atoms with Crippen molar-refractivity contribution in [1.29, 1.82) is 0 Å². The van der Waals surface area contributed by atoms with Crippen LogP contribution in [-0.4, -0.2) is 16.7 Å². The van der Waals surface area contributed by atoms with E-state index in [4.69, 9.17) is 5.73 Å². The monoisotopic (exact) mass is 331 g/mol. The number of aliphatic hydroxyl groups is 1. The third-order valence-corrected chi connectivity index (χ3v) is 4.69. The first-order valence-electron chi connectivity index (χ1n) is 8.75. The van der Waals surface area contributed by atoms with Crippen LogP contribution in [0.15, 0.2) is 91.0 Å². The molecule has 0 spiro atoms. The van der Waals surface area contributed by atoms with Gasteiger partial charge in [-0.2, -0.15) is 0 Å². The molecule has 0 heterocycles. The van der Waals surface area contributed by atoms with Crippen LogP contribution in [0.2, 0.25) is 0 Å². The normalized spacial score (nSPS) is 12.7. The van der Waals surface area contributed by atoms with Crippen LogP contribution >= 0.6 is 0 Å². The molecule has 25 heavy (non-hydrogen) atoms. The lowest BCUT2D eigenvalue weighted by Crippen LogP contribution is -2.52. The molecule has 0 aliphatic carbocycles. The lowest BCUT2D eigenvalue weighted by atomic mass is 9.80. The molecule has 0 amide bonds. The number of nitrogens with two attached hydrogens (primary N) is 1. The average Bonchev–Trinajstić information content (AvgIpc) is 2.64. The molecule has 0 aromatic heterocycles. The molecule has 0 radical (unpaired) electrons. The predicted molar refractivity (Wildman–Crippen MR) is 103 cm³/mol. The average molecular weight is 331 g/mol. The summed E-state index contributed by atoms with van der Waals surface area (Å²) in [4.78, 5) is 0. The molecule has 2 nitrogen and oxygen atoms in total. The lowest BCUT2D eigenvalue weighted by Gasteiger charge is -2.35. The van der Waals surface area contributed by atoms with Crippen molar-refractivity contribution in [3.8, 4) is 0 Å². The Morgan fingerprint density at radius 3 is 1.40 bits per heavy atom. The van der Waals surface area contributed by atoms with Gasteiger partial charge in [-0.05, 0) is 23.1 Å². The minimum Gasteiger partial charge on any atom is -0.388 e. The molecule has 0 unspecified atom stereocenters. The van der Waals surface area contributed by atoms with Crippen LogP contribution in [0.1, 0.15) is 16.7 Å². The highest BCUT2D eigenvalue weighted by Gasteiger charge is 2.34. The minimum absolute atomic E-state index is 0.352. The maximum atomic E-state index is 11.5. The van der Waals surface area contributed by atoms with Crippen molar-refractivity contribution >= 4 is 0 Å². The summed E-state index contributed by atoms with van der Waals surface area (Å²) >= 11 is 0. The Hall–Kier alpha value is -2.42. The zero-order valence-electron chi connectivity index (χ0n) is 14.4. The van der Waals surface area contributed by atoms with E-state index in [1.54, 1.807) is 0 Å². The van der Waals surface area contributed by atoms with E-state index in [1.165, 1.54) is 0 Å². The quantitative estimate of drug-likeness (QED) is 0.692. The van der Waals surface area contributed by atoms with Crippen molar-refractivity contribution in [1.82, 2.24) is 0 Å². The fourth-order valence-corrected chi connectivity index (χ4v) is 3.28. The summed E-state index contributed by atoms with van der Waals surface area (Å²) in [5.74, 6) is 0. The summed E-state index contributed by atoms with van der Waals surface area (Å²) in [5, 5.41) is 11.5. The third kappa shape index (κ3) is 4.79. The van der Waals surface area contributed by atoms with Crippen LogP contribution in [0, 0.1) is 0 Å². The van der Waals surface area contributed by atoms with Crippen molar-refractivity contribution in [2.45, 2.75) is 30.9 Å². The Balaban J connectivity index is 1.84. The second-order valence-electron chi connectivity index (χ2n) is 6.72. The minimum atomic E-state index is -1.00. The maximum absolute atomic E-state index is 11.5. The van der Waals surface area contributed by atoms with Crippen molar-refractivity contribution in [2.75, 3.05) is 0 Å². The van der Waals surface area contributed by atoms with Gasteiger partial charge < -0.3 is 10.8 Å². The first-order chi connectivity index (χ1) is 12.2. The second kappa shape index (κ2) is 8.11.